The van der Waals surface area contributed by atoms with Gasteiger partial charge in [-0.05, 0) is 90.3 Å². The number of carboxylic acids is 1. The summed E-state index contributed by atoms with van der Waals surface area (Å²) in [4.78, 5) is 12.8. The molecule has 35 heavy (non-hydrogen) atoms. The number of hydrogen-bond acceptors (Lipinski definition) is 4. The van der Waals surface area contributed by atoms with Crippen LogP contribution >= 0.6 is 0 Å². The van der Waals surface area contributed by atoms with Crippen LogP contribution in [0.4, 0.5) is 0 Å². The largest absolute Gasteiger partial charge is 0.481 e. The normalized spacial score (nSPS) is 54.4. The van der Waals surface area contributed by atoms with Crippen LogP contribution in [0.2, 0.25) is 0 Å². The summed E-state index contributed by atoms with van der Waals surface area (Å²) in [7, 11) is 0. The maximum atomic E-state index is 12.8. The van der Waals surface area contributed by atoms with Gasteiger partial charge in [-0.25, -0.2) is 0 Å². The Morgan fingerprint density at radius 3 is 2.11 bits per heavy atom. The number of aliphatic hydroxyl groups is 3. The molecule has 198 valence electrons. The van der Waals surface area contributed by atoms with Crippen molar-refractivity contribution in [2.24, 2.45) is 50.2 Å². The summed E-state index contributed by atoms with van der Waals surface area (Å²) < 4.78 is 0. The second-order valence-electron chi connectivity index (χ2n) is 15.2. The fourth-order valence-corrected chi connectivity index (χ4v) is 10.7. The van der Waals surface area contributed by atoms with E-state index in [2.05, 4.69) is 54.5 Å². The van der Waals surface area contributed by atoms with E-state index in [4.69, 9.17) is 0 Å². The van der Waals surface area contributed by atoms with E-state index in [-0.39, 0.29) is 33.0 Å². The minimum atomic E-state index is -0.877. The number of aliphatic hydroxyl groups excluding tert-OH is 3. The van der Waals surface area contributed by atoms with E-state index in [0.29, 0.717) is 31.1 Å². The first kappa shape index (κ1) is 25.7. The molecule has 0 aromatic rings. The van der Waals surface area contributed by atoms with Gasteiger partial charge in [0.25, 0.3) is 0 Å². The molecule has 5 aliphatic carbocycles. The SMILES string of the molecule is CC1(C)CC[C@]2(C(=O)O)CC[C@]3(C)C(=CC[C@H]4[C@@]5(C)C[C@@H](O)[C@H](O)C(C)(C)[C@@H]5CC[C@]43C)[C@@H]2[C@@H]1O. The fourth-order valence-electron chi connectivity index (χ4n) is 10.7. The van der Waals surface area contributed by atoms with Crippen molar-refractivity contribution in [1.82, 2.24) is 0 Å². The Balaban J connectivity index is 1.63. The van der Waals surface area contributed by atoms with Crippen LogP contribution in [0.1, 0.15) is 99.8 Å². The molecule has 5 rings (SSSR count). The Morgan fingerprint density at radius 2 is 1.49 bits per heavy atom. The lowest BCUT2D eigenvalue weighted by Gasteiger charge is -2.71. The molecule has 0 aliphatic heterocycles. The van der Waals surface area contributed by atoms with Crippen molar-refractivity contribution < 1.29 is 25.2 Å². The van der Waals surface area contributed by atoms with Crippen LogP contribution in [-0.4, -0.2) is 44.7 Å². The standard InChI is InChI=1S/C30H48O5/c1-25(2)12-14-30(24(34)35)15-13-28(6)17(21(30)23(25)33)8-9-20-27(5)16-18(31)22(32)26(3,4)19(27)10-11-29(20,28)7/h8,18-23,31-33H,9-16H2,1-7H3,(H,34,35)/t18-,19+,20+,21-,22+,23+,27+,28-,29-,30+/m1/s1. The summed E-state index contributed by atoms with van der Waals surface area (Å²) in [6, 6.07) is 0. The van der Waals surface area contributed by atoms with Crippen molar-refractivity contribution in [2.75, 3.05) is 0 Å². The molecule has 0 aromatic carbocycles. The lowest BCUT2D eigenvalue weighted by molar-refractivity contribution is -0.234. The molecule has 4 fully saturated rings. The van der Waals surface area contributed by atoms with E-state index < -0.39 is 29.7 Å². The van der Waals surface area contributed by atoms with Crippen molar-refractivity contribution in [2.45, 2.75) is 118 Å². The van der Waals surface area contributed by atoms with E-state index in [9.17, 15) is 25.2 Å². The lowest BCUT2D eigenvalue weighted by Crippen LogP contribution is -2.68. The molecule has 0 aromatic heterocycles. The zero-order chi connectivity index (χ0) is 26.0. The minimum absolute atomic E-state index is 0.0492. The maximum Gasteiger partial charge on any atom is 0.310 e. The van der Waals surface area contributed by atoms with Gasteiger partial charge in [0.15, 0.2) is 0 Å². The average molecular weight is 489 g/mol. The molecule has 5 heteroatoms. The van der Waals surface area contributed by atoms with Crippen molar-refractivity contribution in [3.8, 4) is 0 Å². The molecular weight excluding hydrogens is 440 g/mol. The number of fused-ring (bicyclic) bond motifs is 7. The molecule has 0 unspecified atom stereocenters. The van der Waals surface area contributed by atoms with Crippen LogP contribution in [-0.2, 0) is 4.79 Å². The van der Waals surface area contributed by atoms with E-state index in [1.54, 1.807) is 0 Å². The predicted octanol–water partition coefficient (Wildman–Crippen LogP) is 5.18. The molecule has 0 bridgehead atoms. The first-order chi connectivity index (χ1) is 16.0. The highest BCUT2D eigenvalue weighted by Crippen LogP contribution is 2.75. The molecular formula is C30H48O5. The first-order valence-corrected chi connectivity index (χ1v) is 14.0. The van der Waals surface area contributed by atoms with Gasteiger partial charge in [0.05, 0.1) is 23.7 Å². The number of carboxylic acid groups (broad SMARTS) is 1. The Hall–Kier alpha value is -0.910. The summed E-state index contributed by atoms with van der Waals surface area (Å²) in [5, 5.41) is 44.1. The second kappa shape index (κ2) is 7.35. The molecule has 0 amide bonds. The van der Waals surface area contributed by atoms with Gasteiger partial charge >= 0.3 is 5.97 Å². The van der Waals surface area contributed by atoms with Crippen LogP contribution in [0.3, 0.4) is 0 Å². The minimum Gasteiger partial charge on any atom is -0.481 e. The molecule has 0 heterocycles. The number of carbonyl (C=O) groups is 1. The Labute approximate surface area is 211 Å². The topological polar surface area (TPSA) is 98.0 Å². The van der Waals surface area contributed by atoms with E-state index in [1.807, 2.05) is 0 Å². The predicted molar refractivity (Wildman–Crippen MR) is 135 cm³/mol. The monoisotopic (exact) mass is 488 g/mol. The summed E-state index contributed by atoms with van der Waals surface area (Å²) in [6.07, 6.45) is 6.54. The molecule has 0 spiro atoms. The zero-order valence-corrected chi connectivity index (χ0v) is 22.9. The molecule has 0 radical (unpaired) electrons. The fraction of sp³-hybridized carbons (Fsp3) is 0.900. The van der Waals surface area contributed by atoms with E-state index in [0.717, 1.165) is 32.1 Å². The van der Waals surface area contributed by atoms with Crippen LogP contribution in [0.15, 0.2) is 11.6 Å². The summed E-state index contributed by atoms with van der Waals surface area (Å²) >= 11 is 0. The van der Waals surface area contributed by atoms with Gasteiger partial charge in [0, 0.05) is 5.92 Å². The molecule has 5 nitrogen and oxygen atoms in total. The van der Waals surface area contributed by atoms with Crippen molar-refractivity contribution in [1.29, 1.82) is 0 Å². The molecule has 4 N–H and O–H groups in total. The smallest absolute Gasteiger partial charge is 0.310 e. The zero-order valence-electron chi connectivity index (χ0n) is 22.9. The Bertz CT molecular complexity index is 952. The highest BCUT2D eigenvalue weighted by atomic mass is 16.4. The van der Waals surface area contributed by atoms with Crippen LogP contribution in [0.5, 0.6) is 0 Å². The van der Waals surface area contributed by atoms with Gasteiger partial charge < -0.3 is 20.4 Å². The van der Waals surface area contributed by atoms with E-state index in [1.165, 1.54) is 5.57 Å². The maximum absolute atomic E-state index is 12.8. The second-order valence-corrected chi connectivity index (χ2v) is 15.2. The highest BCUT2D eigenvalue weighted by Gasteiger charge is 2.71. The average Bonchev–Trinajstić information content (AvgIpc) is 2.75. The van der Waals surface area contributed by atoms with Gasteiger partial charge in [0.2, 0.25) is 0 Å². The third-order valence-corrected chi connectivity index (χ3v) is 13.2. The van der Waals surface area contributed by atoms with Gasteiger partial charge in [0.1, 0.15) is 0 Å². The summed E-state index contributed by atoms with van der Waals surface area (Å²) in [5.41, 5.74) is -0.684. The number of hydrogen-bond donors (Lipinski definition) is 4. The summed E-state index contributed by atoms with van der Waals surface area (Å²) in [6.45, 7) is 15.6. The van der Waals surface area contributed by atoms with Crippen molar-refractivity contribution in [3.05, 3.63) is 11.6 Å². The third kappa shape index (κ3) is 2.95. The molecule has 5 aliphatic rings. The highest BCUT2D eigenvalue weighted by molar-refractivity contribution is 5.77. The number of aliphatic carboxylic acids is 1. The van der Waals surface area contributed by atoms with Crippen molar-refractivity contribution >= 4 is 5.97 Å². The van der Waals surface area contributed by atoms with Gasteiger partial charge in [-0.2, -0.15) is 0 Å². The van der Waals surface area contributed by atoms with Gasteiger partial charge in [-0.15, -0.1) is 0 Å². The Morgan fingerprint density at radius 1 is 0.857 bits per heavy atom. The van der Waals surface area contributed by atoms with Crippen LogP contribution < -0.4 is 0 Å². The molecule has 10 atom stereocenters. The van der Waals surface area contributed by atoms with E-state index >= 15 is 0 Å². The number of rotatable bonds is 1. The van der Waals surface area contributed by atoms with Gasteiger partial charge in [-0.3, -0.25) is 4.79 Å². The van der Waals surface area contributed by atoms with Crippen LogP contribution in [0, 0.1) is 50.2 Å². The van der Waals surface area contributed by atoms with Gasteiger partial charge in [-0.1, -0.05) is 60.1 Å². The van der Waals surface area contributed by atoms with Crippen LogP contribution in [0.25, 0.3) is 0 Å². The van der Waals surface area contributed by atoms with Crippen molar-refractivity contribution in [3.63, 3.8) is 0 Å². The number of allylic oxidation sites excluding steroid dienone is 1. The third-order valence-electron chi connectivity index (χ3n) is 13.2. The molecule has 4 saturated carbocycles. The first-order valence-electron chi connectivity index (χ1n) is 14.0. The summed E-state index contributed by atoms with van der Waals surface area (Å²) in [5.74, 6) is -0.420. The quantitative estimate of drug-likeness (QED) is 0.382. The Kier molecular flexibility index (Phi) is 5.40. The lowest BCUT2D eigenvalue weighted by atomic mass is 9.33. The molecule has 0 saturated heterocycles.